The number of amides is 2. The molecule has 2 rings (SSSR count). The minimum absolute atomic E-state index is 0.119. The minimum atomic E-state index is -0.119. The standard InChI is InChI=1S/C17H24ClN2O/c1-13(10-14-6-3-2-4-7-14)20-17(21)19-12-15-8-5-9-16(18)11-15/h5,9,11,13-14H,2-4,6-7,10,12H2,1H3,(H2,19,20,21). The number of rotatable bonds is 5. The van der Waals surface area contributed by atoms with Gasteiger partial charge in [0.25, 0.3) is 0 Å². The number of carbonyl (C=O) groups is 1. The largest absolute Gasteiger partial charge is 0.336 e. The molecular weight excluding hydrogens is 284 g/mol. The second-order valence-electron chi connectivity index (χ2n) is 6.00. The molecule has 3 nitrogen and oxygen atoms in total. The highest BCUT2D eigenvalue weighted by atomic mass is 35.5. The third-order valence-electron chi connectivity index (χ3n) is 4.05. The van der Waals surface area contributed by atoms with Crippen LogP contribution in [0.2, 0.25) is 5.02 Å². The lowest BCUT2D eigenvalue weighted by atomic mass is 9.85. The fraction of sp³-hybridized carbons (Fsp3) is 0.588. The van der Waals surface area contributed by atoms with Crippen molar-refractivity contribution in [3.63, 3.8) is 0 Å². The molecular formula is C17H24ClN2O. The molecule has 0 bridgehead atoms. The molecule has 1 aromatic carbocycles. The Balaban J connectivity index is 1.68. The Kier molecular flexibility index (Phi) is 6.37. The molecule has 2 amide bonds. The first kappa shape index (κ1) is 16.2. The maximum Gasteiger partial charge on any atom is 0.315 e. The molecule has 4 heteroatoms. The molecule has 1 radical (unpaired) electrons. The summed E-state index contributed by atoms with van der Waals surface area (Å²) in [5.74, 6) is 0.773. The number of hydrogen-bond acceptors (Lipinski definition) is 1. The molecule has 1 aliphatic carbocycles. The third-order valence-corrected chi connectivity index (χ3v) is 4.29. The summed E-state index contributed by atoms with van der Waals surface area (Å²) in [5, 5.41) is 6.53. The first-order chi connectivity index (χ1) is 10.1. The van der Waals surface area contributed by atoms with E-state index in [1.54, 1.807) is 12.1 Å². The van der Waals surface area contributed by atoms with E-state index in [1.807, 2.05) is 6.07 Å². The molecule has 2 N–H and O–H groups in total. The molecule has 1 aliphatic rings. The van der Waals surface area contributed by atoms with Gasteiger partial charge in [0.2, 0.25) is 0 Å². The fourth-order valence-corrected chi connectivity index (χ4v) is 3.21. The van der Waals surface area contributed by atoms with Gasteiger partial charge in [-0.2, -0.15) is 0 Å². The number of nitrogens with one attached hydrogen (secondary N) is 2. The van der Waals surface area contributed by atoms with Gasteiger partial charge in [0, 0.05) is 17.6 Å². The van der Waals surface area contributed by atoms with E-state index in [1.165, 1.54) is 32.1 Å². The highest BCUT2D eigenvalue weighted by molar-refractivity contribution is 6.30. The van der Waals surface area contributed by atoms with E-state index in [2.05, 4.69) is 23.6 Å². The van der Waals surface area contributed by atoms with Crippen LogP contribution in [0.25, 0.3) is 0 Å². The van der Waals surface area contributed by atoms with Gasteiger partial charge in [-0.05, 0) is 43.0 Å². The molecule has 21 heavy (non-hydrogen) atoms. The van der Waals surface area contributed by atoms with Gasteiger partial charge in [-0.25, -0.2) is 4.79 Å². The van der Waals surface area contributed by atoms with Gasteiger partial charge >= 0.3 is 6.03 Å². The molecule has 1 fully saturated rings. The van der Waals surface area contributed by atoms with Crippen molar-refractivity contribution >= 4 is 17.6 Å². The second-order valence-corrected chi connectivity index (χ2v) is 6.44. The summed E-state index contributed by atoms with van der Waals surface area (Å²) in [7, 11) is 0. The van der Waals surface area contributed by atoms with Crippen LogP contribution >= 0.6 is 11.6 Å². The van der Waals surface area contributed by atoms with Gasteiger partial charge in [-0.15, -0.1) is 0 Å². The van der Waals surface area contributed by atoms with Gasteiger partial charge in [0.05, 0.1) is 0 Å². The molecule has 0 heterocycles. The van der Waals surface area contributed by atoms with E-state index in [9.17, 15) is 4.79 Å². The minimum Gasteiger partial charge on any atom is -0.336 e. The Morgan fingerprint density at radius 3 is 2.90 bits per heavy atom. The fourth-order valence-electron chi connectivity index (χ4n) is 3.02. The van der Waals surface area contributed by atoms with Crippen molar-refractivity contribution in [3.8, 4) is 0 Å². The van der Waals surface area contributed by atoms with Crippen LogP contribution in [0.4, 0.5) is 4.79 Å². The molecule has 1 atom stereocenters. The van der Waals surface area contributed by atoms with Crippen molar-refractivity contribution in [1.29, 1.82) is 0 Å². The van der Waals surface area contributed by atoms with Gasteiger partial charge in [0.1, 0.15) is 0 Å². The second kappa shape index (κ2) is 8.28. The summed E-state index contributed by atoms with van der Waals surface area (Å²) in [6.07, 6.45) is 7.75. The highest BCUT2D eigenvalue weighted by Gasteiger charge is 2.17. The number of halogens is 1. The first-order valence-electron chi connectivity index (χ1n) is 7.84. The van der Waals surface area contributed by atoms with Gasteiger partial charge in [0.15, 0.2) is 0 Å². The van der Waals surface area contributed by atoms with Gasteiger partial charge in [-0.3, -0.25) is 0 Å². The third kappa shape index (κ3) is 5.96. The predicted octanol–water partition coefficient (Wildman–Crippen LogP) is 4.30. The Morgan fingerprint density at radius 1 is 1.43 bits per heavy atom. The Morgan fingerprint density at radius 2 is 2.19 bits per heavy atom. The molecule has 0 aliphatic heterocycles. The maximum absolute atomic E-state index is 11.9. The number of benzene rings is 1. The van der Waals surface area contributed by atoms with E-state index in [0.29, 0.717) is 11.6 Å². The van der Waals surface area contributed by atoms with Crippen molar-refractivity contribution in [1.82, 2.24) is 10.6 Å². The molecule has 0 saturated heterocycles. The van der Waals surface area contributed by atoms with E-state index in [4.69, 9.17) is 11.6 Å². The summed E-state index contributed by atoms with van der Waals surface area (Å²) in [6.45, 7) is 2.53. The van der Waals surface area contributed by atoms with Crippen LogP contribution in [0.1, 0.15) is 51.0 Å². The molecule has 115 valence electrons. The van der Waals surface area contributed by atoms with E-state index < -0.39 is 0 Å². The summed E-state index contributed by atoms with van der Waals surface area (Å²) in [4.78, 5) is 11.9. The lowest BCUT2D eigenvalue weighted by Gasteiger charge is -2.25. The molecule has 1 unspecified atom stereocenters. The van der Waals surface area contributed by atoms with Crippen LogP contribution < -0.4 is 10.6 Å². The average Bonchev–Trinajstić information content (AvgIpc) is 2.46. The monoisotopic (exact) mass is 307 g/mol. The van der Waals surface area contributed by atoms with E-state index in [-0.39, 0.29) is 12.1 Å². The van der Waals surface area contributed by atoms with Crippen molar-refractivity contribution in [3.05, 3.63) is 34.9 Å². The van der Waals surface area contributed by atoms with E-state index >= 15 is 0 Å². The molecule has 0 spiro atoms. The summed E-state index contributed by atoms with van der Waals surface area (Å²) < 4.78 is 0. The van der Waals surface area contributed by atoms with Gasteiger partial charge in [-0.1, -0.05) is 49.8 Å². The summed E-state index contributed by atoms with van der Waals surface area (Å²) in [5.41, 5.74) is 0.887. The highest BCUT2D eigenvalue weighted by Crippen LogP contribution is 2.27. The number of hydrogen-bond donors (Lipinski definition) is 2. The molecule has 1 aromatic rings. The lowest BCUT2D eigenvalue weighted by molar-refractivity contribution is 0.232. The summed E-state index contributed by atoms with van der Waals surface area (Å²) >= 11 is 5.90. The SMILES string of the molecule is CC(CC1CCCCC1)NC(=O)NCc1[c]ccc(Cl)c1. The average molecular weight is 308 g/mol. The Labute approximate surface area is 132 Å². The van der Waals surface area contributed by atoms with Crippen LogP contribution in [0.15, 0.2) is 18.2 Å². The smallest absolute Gasteiger partial charge is 0.315 e. The van der Waals surface area contributed by atoms with Crippen LogP contribution in [0.3, 0.4) is 0 Å². The predicted molar refractivity (Wildman–Crippen MR) is 86.3 cm³/mol. The van der Waals surface area contributed by atoms with Crippen LogP contribution in [-0.2, 0) is 6.54 Å². The van der Waals surface area contributed by atoms with Crippen LogP contribution in [-0.4, -0.2) is 12.1 Å². The quantitative estimate of drug-likeness (QED) is 0.836. The van der Waals surface area contributed by atoms with Crippen molar-refractivity contribution in [2.75, 3.05) is 0 Å². The lowest BCUT2D eigenvalue weighted by Crippen LogP contribution is -2.41. The van der Waals surface area contributed by atoms with Gasteiger partial charge < -0.3 is 10.6 Å². The van der Waals surface area contributed by atoms with Crippen molar-refractivity contribution in [2.45, 2.75) is 58.0 Å². The molecule has 0 aromatic heterocycles. The zero-order valence-electron chi connectivity index (χ0n) is 12.6. The van der Waals surface area contributed by atoms with E-state index in [0.717, 1.165) is 17.9 Å². The summed E-state index contributed by atoms with van der Waals surface area (Å²) in [6, 6.07) is 8.51. The number of carbonyl (C=O) groups excluding carboxylic acids is 1. The zero-order chi connectivity index (χ0) is 15.1. The topological polar surface area (TPSA) is 41.1 Å². The van der Waals surface area contributed by atoms with Crippen LogP contribution in [0, 0.1) is 12.0 Å². The van der Waals surface area contributed by atoms with Crippen molar-refractivity contribution in [2.24, 2.45) is 5.92 Å². The zero-order valence-corrected chi connectivity index (χ0v) is 13.4. The maximum atomic E-state index is 11.9. The van der Waals surface area contributed by atoms with Crippen LogP contribution in [0.5, 0.6) is 0 Å². The first-order valence-corrected chi connectivity index (χ1v) is 8.22. The Hall–Kier alpha value is -1.22. The molecule has 1 saturated carbocycles. The normalized spacial score (nSPS) is 17.2. The number of urea groups is 1. The Bertz CT molecular complexity index is 458. The van der Waals surface area contributed by atoms with Crippen molar-refractivity contribution < 1.29 is 4.79 Å².